The number of nitrogens with zero attached hydrogens (tertiary/aromatic N) is 1. The van der Waals surface area contributed by atoms with Crippen LogP contribution < -0.4 is 5.32 Å². The zero-order chi connectivity index (χ0) is 48.7. The fraction of sp³-hybridized carbons (Fsp3) is 0.821. The highest BCUT2D eigenvalue weighted by molar-refractivity contribution is 7.47. The number of unbranched alkanes of at least 4 members (excludes halogenated alkanes) is 27. The van der Waals surface area contributed by atoms with Crippen LogP contribution in [0.15, 0.2) is 48.6 Å². The summed E-state index contributed by atoms with van der Waals surface area (Å²) in [7, 11) is 1.46. The largest absolute Gasteiger partial charge is 0.472 e. The van der Waals surface area contributed by atoms with E-state index >= 15 is 0 Å². The van der Waals surface area contributed by atoms with Gasteiger partial charge in [0, 0.05) is 12.8 Å². The van der Waals surface area contributed by atoms with Crippen molar-refractivity contribution < 1.29 is 37.3 Å². The van der Waals surface area contributed by atoms with Gasteiger partial charge in [-0.05, 0) is 76.7 Å². The second kappa shape index (κ2) is 46.7. The van der Waals surface area contributed by atoms with Gasteiger partial charge in [0.25, 0.3) is 0 Å². The van der Waals surface area contributed by atoms with Crippen molar-refractivity contribution in [2.75, 3.05) is 40.9 Å². The minimum Gasteiger partial charge on any atom is -0.456 e. The molecule has 0 spiro atoms. The molecule has 0 radical (unpaired) electrons. The summed E-state index contributed by atoms with van der Waals surface area (Å²) >= 11 is 0. The number of esters is 1. The molecule has 0 heterocycles. The van der Waals surface area contributed by atoms with Crippen molar-refractivity contribution in [1.82, 2.24) is 5.32 Å². The molecule has 0 fully saturated rings. The Morgan fingerprint density at radius 3 is 1.41 bits per heavy atom. The van der Waals surface area contributed by atoms with Gasteiger partial charge < -0.3 is 19.4 Å². The molecule has 10 heteroatoms. The van der Waals surface area contributed by atoms with Crippen LogP contribution in [0.3, 0.4) is 0 Å². The highest BCUT2D eigenvalue weighted by Gasteiger charge is 2.30. The first-order valence-electron chi connectivity index (χ1n) is 27.5. The van der Waals surface area contributed by atoms with Gasteiger partial charge in [0.05, 0.1) is 33.8 Å². The van der Waals surface area contributed by atoms with Crippen LogP contribution in [0.4, 0.5) is 0 Å². The molecule has 0 aliphatic carbocycles. The number of likely N-dealkylation sites (N-methyl/N-ethyl adjacent to an activating group) is 1. The molecule has 0 aromatic carbocycles. The Labute approximate surface area is 408 Å². The number of quaternary nitrogens is 1. The number of phosphoric ester groups is 1. The predicted molar refractivity (Wildman–Crippen MR) is 282 cm³/mol. The standard InChI is InChI=1S/C56H105N2O7P/c1-7-10-13-16-19-22-25-28-31-34-37-40-43-46-49-56(60)65-54(47-44-41-38-35-32-29-26-23-20-17-14-11-8-2)53(52-64-66(61,62)63-51-50-58(4,5)6)57-55(59)48-45-42-39-36-33-30-27-24-21-18-15-12-9-3/h30-31,33-34,39,42,44,47,53-54H,7-29,32,35-38,40-41,43,45-46,48-52H2,1-6H3,(H-,57,59,61,62)/p+1/b33-30-,34-31-,42-39+,47-44+. The average Bonchev–Trinajstić information content (AvgIpc) is 3.27. The van der Waals surface area contributed by atoms with E-state index in [0.29, 0.717) is 23.9 Å². The molecule has 386 valence electrons. The summed E-state index contributed by atoms with van der Waals surface area (Å²) in [5.74, 6) is -0.600. The summed E-state index contributed by atoms with van der Waals surface area (Å²) in [6.45, 7) is 6.94. The van der Waals surface area contributed by atoms with E-state index in [-0.39, 0.29) is 37.9 Å². The van der Waals surface area contributed by atoms with Crippen LogP contribution in [-0.2, 0) is 27.9 Å². The van der Waals surface area contributed by atoms with Gasteiger partial charge in [0.1, 0.15) is 19.3 Å². The van der Waals surface area contributed by atoms with E-state index in [0.717, 1.165) is 57.8 Å². The van der Waals surface area contributed by atoms with Crippen molar-refractivity contribution in [1.29, 1.82) is 0 Å². The summed E-state index contributed by atoms with van der Waals surface area (Å²) in [6.07, 6.45) is 55.5. The van der Waals surface area contributed by atoms with Crippen molar-refractivity contribution in [2.24, 2.45) is 0 Å². The average molecular weight is 950 g/mol. The van der Waals surface area contributed by atoms with Gasteiger partial charge in [-0.15, -0.1) is 0 Å². The van der Waals surface area contributed by atoms with Gasteiger partial charge in [-0.1, -0.05) is 205 Å². The third-order valence-corrected chi connectivity index (χ3v) is 13.0. The number of carbonyl (C=O) groups is 2. The number of hydrogen-bond donors (Lipinski definition) is 2. The zero-order valence-corrected chi connectivity index (χ0v) is 44.8. The number of nitrogens with one attached hydrogen (secondary N) is 1. The fourth-order valence-electron chi connectivity index (χ4n) is 7.69. The lowest BCUT2D eigenvalue weighted by atomic mass is 10.0. The normalized spacial score (nSPS) is 14.2. The molecule has 0 aliphatic heterocycles. The maximum Gasteiger partial charge on any atom is 0.472 e. The molecule has 66 heavy (non-hydrogen) atoms. The van der Waals surface area contributed by atoms with Crippen LogP contribution in [0.5, 0.6) is 0 Å². The number of amides is 1. The molecular weight excluding hydrogens is 844 g/mol. The molecule has 0 aliphatic rings. The van der Waals surface area contributed by atoms with Gasteiger partial charge in [-0.25, -0.2) is 4.57 Å². The van der Waals surface area contributed by atoms with Gasteiger partial charge in [0.2, 0.25) is 5.91 Å². The van der Waals surface area contributed by atoms with Crippen molar-refractivity contribution in [3.05, 3.63) is 48.6 Å². The second-order valence-electron chi connectivity index (χ2n) is 19.7. The maximum atomic E-state index is 13.4. The molecule has 0 saturated carbocycles. The predicted octanol–water partition coefficient (Wildman–Crippen LogP) is 16.2. The van der Waals surface area contributed by atoms with E-state index in [1.54, 1.807) is 0 Å². The van der Waals surface area contributed by atoms with Gasteiger partial charge in [0.15, 0.2) is 0 Å². The Hall–Kier alpha value is -2.03. The van der Waals surface area contributed by atoms with Crippen LogP contribution in [0.25, 0.3) is 0 Å². The topological polar surface area (TPSA) is 111 Å². The Kier molecular flexibility index (Phi) is 45.3. The Morgan fingerprint density at radius 2 is 0.939 bits per heavy atom. The number of phosphoric acid groups is 1. The molecule has 3 unspecified atom stereocenters. The summed E-state index contributed by atoms with van der Waals surface area (Å²) in [6, 6.07) is -0.882. The first-order valence-corrected chi connectivity index (χ1v) is 29.0. The van der Waals surface area contributed by atoms with Crippen molar-refractivity contribution in [3.63, 3.8) is 0 Å². The number of ether oxygens (including phenoxy) is 1. The van der Waals surface area contributed by atoms with Crippen LogP contribution in [-0.4, -0.2) is 74.3 Å². The Balaban J connectivity index is 5.51. The van der Waals surface area contributed by atoms with Crippen LogP contribution in [0.2, 0.25) is 0 Å². The highest BCUT2D eigenvalue weighted by Crippen LogP contribution is 2.43. The number of hydrogen-bond acceptors (Lipinski definition) is 6. The van der Waals surface area contributed by atoms with Crippen LogP contribution in [0.1, 0.15) is 245 Å². The molecule has 3 atom stereocenters. The lowest BCUT2D eigenvalue weighted by Gasteiger charge is -2.27. The fourth-order valence-corrected chi connectivity index (χ4v) is 8.43. The number of allylic oxidation sites excluding steroid dienone is 7. The number of carbonyl (C=O) groups excluding carboxylic acids is 2. The molecule has 0 bridgehead atoms. The molecule has 0 rings (SSSR count). The second-order valence-corrected chi connectivity index (χ2v) is 21.2. The van der Waals surface area contributed by atoms with E-state index < -0.39 is 20.0 Å². The first-order chi connectivity index (χ1) is 31.9. The van der Waals surface area contributed by atoms with Crippen LogP contribution in [0, 0.1) is 0 Å². The molecule has 0 aromatic heterocycles. The summed E-state index contributed by atoms with van der Waals surface area (Å²) < 4.78 is 30.5. The van der Waals surface area contributed by atoms with Crippen molar-refractivity contribution in [2.45, 2.75) is 258 Å². The third-order valence-electron chi connectivity index (χ3n) is 12.0. The molecule has 0 saturated heterocycles. The van der Waals surface area contributed by atoms with E-state index in [1.165, 1.54) is 141 Å². The van der Waals surface area contributed by atoms with E-state index in [4.69, 9.17) is 13.8 Å². The minimum atomic E-state index is -4.46. The molecule has 9 nitrogen and oxygen atoms in total. The lowest BCUT2D eigenvalue weighted by Crippen LogP contribution is -2.47. The maximum absolute atomic E-state index is 13.4. The van der Waals surface area contributed by atoms with Crippen molar-refractivity contribution >= 4 is 19.7 Å². The zero-order valence-electron chi connectivity index (χ0n) is 43.9. The van der Waals surface area contributed by atoms with E-state index in [9.17, 15) is 19.0 Å². The van der Waals surface area contributed by atoms with E-state index in [1.807, 2.05) is 39.4 Å². The lowest BCUT2D eigenvalue weighted by molar-refractivity contribution is -0.870. The van der Waals surface area contributed by atoms with E-state index in [2.05, 4.69) is 56.5 Å². The summed E-state index contributed by atoms with van der Waals surface area (Å²) in [5.41, 5.74) is 0. The SMILES string of the molecule is CCCCCCCC/C=C\C/C=C/CCC(=O)NC(COP(=O)(O)OCC[N+](C)(C)C)C(/C=C/CCCCCCCCCCCCC)OC(=O)CCCCC/C=C\CCCCCCCCC. The molecule has 0 aromatic rings. The summed E-state index contributed by atoms with van der Waals surface area (Å²) in [4.78, 5) is 37.4. The van der Waals surface area contributed by atoms with Gasteiger partial charge in [-0.2, -0.15) is 0 Å². The van der Waals surface area contributed by atoms with Crippen molar-refractivity contribution in [3.8, 4) is 0 Å². The quantitative estimate of drug-likeness (QED) is 0.0205. The Bertz CT molecular complexity index is 1280. The smallest absolute Gasteiger partial charge is 0.456 e. The number of rotatable bonds is 49. The van der Waals surface area contributed by atoms with Crippen LogP contribution >= 0.6 is 7.82 Å². The third kappa shape index (κ3) is 47.1. The molecular formula is C56H106N2O7P+. The van der Waals surface area contributed by atoms with Gasteiger partial charge >= 0.3 is 13.8 Å². The summed E-state index contributed by atoms with van der Waals surface area (Å²) in [5, 5.41) is 3.00. The molecule has 1 amide bonds. The highest BCUT2D eigenvalue weighted by atomic mass is 31.2. The first kappa shape index (κ1) is 64.0. The molecule has 2 N–H and O–H groups in total. The Morgan fingerprint density at radius 1 is 0.530 bits per heavy atom. The minimum absolute atomic E-state index is 0.0289. The monoisotopic (exact) mass is 950 g/mol. The van der Waals surface area contributed by atoms with Gasteiger partial charge in [-0.3, -0.25) is 18.6 Å².